The van der Waals surface area contributed by atoms with E-state index in [1.54, 1.807) is 0 Å². The van der Waals surface area contributed by atoms with Gasteiger partial charge in [-0.05, 0) is 61.5 Å². The first-order valence-electron chi connectivity index (χ1n) is 9.49. The minimum Gasteiger partial charge on any atom is -0.512 e. The van der Waals surface area contributed by atoms with Crippen LogP contribution in [0.25, 0.3) is 22.2 Å². The maximum atomic E-state index is 10.0. The molecule has 1 heterocycles. The van der Waals surface area contributed by atoms with Crippen LogP contribution in [0.5, 0.6) is 0 Å². The molecular formula is C25H28IrNO2-. The normalized spacial score (nSPS) is 10.8. The quantitative estimate of drug-likeness (QED) is 0.233. The van der Waals surface area contributed by atoms with Gasteiger partial charge < -0.3 is 5.11 Å². The fourth-order valence-electron chi connectivity index (χ4n) is 3.07. The fraction of sp³-hybridized carbons (Fsp3) is 0.280. The van der Waals surface area contributed by atoms with Gasteiger partial charge in [0, 0.05) is 26.2 Å². The van der Waals surface area contributed by atoms with E-state index in [1.807, 2.05) is 0 Å². The van der Waals surface area contributed by atoms with Crippen LogP contribution in [0.3, 0.4) is 0 Å². The van der Waals surface area contributed by atoms with Crippen molar-refractivity contribution in [1.82, 2.24) is 4.98 Å². The molecule has 0 aliphatic rings. The molecule has 3 aromatic rings. The third-order valence-electron chi connectivity index (χ3n) is 4.50. The molecule has 29 heavy (non-hydrogen) atoms. The number of benzene rings is 2. The average molecular weight is 567 g/mol. The number of hydrogen-bond acceptors (Lipinski definition) is 3. The molecule has 0 aliphatic heterocycles. The van der Waals surface area contributed by atoms with Gasteiger partial charge in [0.15, 0.2) is 5.78 Å². The number of carbonyl (C=O) groups is 1. The Morgan fingerprint density at radius 2 is 1.76 bits per heavy atom. The molecule has 1 N–H and O–H groups in total. The average Bonchev–Trinajstić information content (AvgIpc) is 2.62. The SMILES string of the molecule is CC(=O)/C=C(/C)O.CCc1cc2ccc(-c3[c-]c(C)ccc3C)nc2cc1C.[Ir]. The van der Waals surface area contributed by atoms with Crippen LogP contribution in [-0.2, 0) is 31.3 Å². The third-order valence-corrected chi connectivity index (χ3v) is 4.50. The predicted octanol–water partition coefficient (Wildman–Crippen LogP) is 6.22. The van der Waals surface area contributed by atoms with E-state index in [-0.39, 0.29) is 31.6 Å². The summed E-state index contributed by atoms with van der Waals surface area (Å²) in [5, 5.41) is 9.58. The van der Waals surface area contributed by atoms with Gasteiger partial charge in [-0.2, -0.15) is 0 Å². The van der Waals surface area contributed by atoms with Crippen molar-refractivity contribution in [2.45, 2.75) is 48.0 Å². The Balaban J connectivity index is 0.000000456. The summed E-state index contributed by atoms with van der Waals surface area (Å²) in [6, 6.07) is 16.4. The van der Waals surface area contributed by atoms with Gasteiger partial charge in [0.05, 0.1) is 11.3 Å². The number of rotatable bonds is 3. The number of aliphatic hydroxyl groups is 1. The first-order chi connectivity index (χ1) is 13.2. The summed E-state index contributed by atoms with van der Waals surface area (Å²) >= 11 is 0. The van der Waals surface area contributed by atoms with Gasteiger partial charge in [0.2, 0.25) is 0 Å². The molecule has 0 saturated carbocycles. The number of aromatic nitrogens is 1. The van der Waals surface area contributed by atoms with E-state index < -0.39 is 0 Å². The number of allylic oxidation sites excluding steroid dienone is 2. The molecule has 155 valence electrons. The van der Waals surface area contributed by atoms with E-state index in [0.29, 0.717) is 0 Å². The summed E-state index contributed by atoms with van der Waals surface area (Å²) in [6.45, 7) is 11.4. The van der Waals surface area contributed by atoms with Crippen LogP contribution in [-0.4, -0.2) is 15.9 Å². The summed E-state index contributed by atoms with van der Waals surface area (Å²) in [5.74, 6) is -0.0625. The zero-order chi connectivity index (χ0) is 20.8. The number of carbonyl (C=O) groups excluding carboxylic acids is 1. The van der Waals surface area contributed by atoms with E-state index in [9.17, 15) is 4.79 Å². The summed E-state index contributed by atoms with van der Waals surface area (Å²) in [5.41, 5.74) is 8.26. The third kappa shape index (κ3) is 6.92. The summed E-state index contributed by atoms with van der Waals surface area (Å²) in [6.07, 6.45) is 2.23. The molecule has 0 fully saturated rings. The van der Waals surface area contributed by atoms with E-state index in [0.717, 1.165) is 28.8 Å². The van der Waals surface area contributed by atoms with E-state index in [1.165, 1.54) is 42.0 Å². The van der Waals surface area contributed by atoms with Crippen molar-refractivity contribution in [3.8, 4) is 11.3 Å². The van der Waals surface area contributed by atoms with E-state index in [2.05, 4.69) is 70.2 Å². The summed E-state index contributed by atoms with van der Waals surface area (Å²) < 4.78 is 0. The monoisotopic (exact) mass is 567 g/mol. The van der Waals surface area contributed by atoms with Crippen LogP contribution < -0.4 is 0 Å². The first-order valence-corrected chi connectivity index (χ1v) is 9.49. The van der Waals surface area contributed by atoms with Crippen LogP contribution in [0, 0.1) is 26.8 Å². The van der Waals surface area contributed by atoms with Crippen LogP contribution in [0.1, 0.15) is 43.0 Å². The van der Waals surface area contributed by atoms with Crippen molar-refractivity contribution in [2.24, 2.45) is 0 Å². The molecule has 3 rings (SSSR count). The Kier molecular flexibility index (Phi) is 9.42. The Labute approximate surface area is 187 Å². The van der Waals surface area contributed by atoms with Gasteiger partial charge >= 0.3 is 0 Å². The molecule has 3 nitrogen and oxygen atoms in total. The number of ketones is 1. The fourth-order valence-corrected chi connectivity index (χ4v) is 3.07. The van der Waals surface area contributed by atoms with Crippen LogP contribution in [0.2, 0.25) is 0 Å². The topological polar surface area (TPSA) is 50.2 Å². The van der Waals surface area contributed by atoms with Gasteiger partial charge in [-0.3, -0.25) is 9.78 Å². The molecule has 0 spiro atoms. The van der Waals surface area contributed by atoms with Crippen LogP contribution in [0.4, 0.5) is 0 Å². The second-order valence-corrected chi connectivity index (χ2v) is 7.12. The van der Waals surface area contributed by atoms with Crippen molar-refractivity contribution in [1.29, 1.82) is 0 Å². The van der Waals surface area contributed by atoms with Gasteiger partial charge in [-0.15, -0.1) is 34.9 Å². The van der Waals surface area contributed by atoms with Crippen molar-refractivity contribution in [2.75, 3.05) is 0 Å². The van der Waals surface area contributed by atoms with Gasteiger partial charge in [0.1, 0.15) is 0 Å². The Bertz CT molecular complexity index is 1030. The summed E-state index contributed by atoms with van der Waals surface area (Å²) in [4.78, 5) is 14.9. The Hall–Kier alpha value is -2.29. The molecule has 1 aromatic heterocycles. The second-order valence-electron chi connectivity index (χ2n) is 7.12. The van der Waals surface area contributed by atoms with Crippen molar-refractivity contribution < 1.29 is 30.0 Å². The van der Waals surface area contributed by atoms with Gasteiger partial charge in [-0.1, -0.05) is 32.9 Å². The number of aryl methyl sites for hydroxylation is 4. The molecule has 2 aromatic carbocycles. The van der Waals surface area contributed by atoms with E-state index >= 15 is 0 Å². The molecule has 0 amide bonds. The molecule has 4 heteroatoms. The zero-order valence-corrected chi connectivity index (χ0v) is 20.3. The maximum Gasteiger partial charge on any atom is 0.155 e. The molecule has 0 aliphatic carbocycles. The second kappa shape index (κ2) is 11.0. The van der Waals surface area contributed by atoms with Crippen LogP contribution in [0.15, 0.2) is 48.2 Å². The number of nitrogens with zero attached hydrogens (tertiary/aromatic N) is 1. The smallest absolute Gasteiger partial charge is 0.155 e. The molecular weight excluding hydrogens is 538 g/mol. The Morgan fingerprint density at radius 3 is 2.31 bits per heavy atom. The molecule has 0 unspecified atom stereocenters. The van der Waals surface area contributed by atoms with E-state index in [4.69, 9.17) is 10.1 Å². The molecule has 0 atom stereocenters. The largest absolute Gasteiger partial charge is 0.512 e. The number of fused-ring (bicyclic) bond motifs is 1. The minimum atomic E-state index is -0.125. The van der Waals surface area contributed by atoms with Gasteiger partial charge in [-0.25, -0.2) is 0 Å². The zero-order valence-electron chi connectivity index (χ0n) is 17.9. The molecule has 0 bridgehead atoms. The van der Waals surface area contributed by atoms with Crippen molar-refractivity contribution in [3.63, 3.8) is 0 Å². The molecule has 1 radical (unpaired) electrons. The maximum absolute atomic E-state index is 10.0. The van der Waals surface area contributed by atoms with Gasteiger partial charge in [0.25, 0.3) is 0 Å². The number of aliphatic hydroxyl groups excluding tert-OH is 1. The number of hydrogen-bond donors (Lipinski definition) is 1. The predicted molar refractivity (Wildman–Crippen MR) is 117 cm³/mol. The van der Waals surface area contributed by atoms with Crippen LogP contribution >= 0.6 is 0 Å². The molecule has 0 saturated heterocycles. The van der Waals surface area contributed by atoms with Crippen molar-refractivity contribution >= 4 is 16.7 Å². The number of pyridine rings is 1. The Morgan fingerprint density at radius 1 is 1.07 bits per heavy atom. The summed E-state index contributed by atoms with van der Waals surface area (Å²) in [7, 11) is 0. The standard InChI is InChI=1S/C20H20N.C5H8O2.Ir/c1-5-16-12-17-8-9-19(21-20(17)11-15(16)4)18-10-13(2)6-7-14(18)3;1-4(6)3-5(2)7;/h6-9,11-12H,5H2,1-4H3;3,6H,1-2H3;/q-1;;/b;4-3-;. The minimum absolute atomic E-state index is 0. The van der Waals surface area contributed by atoms with Crippen molar-refractivity contribution in [3.05, 3.63) is 76.6 Å². The first kappa shape index (κ1) is 24.7.